The summed E-state index contributed by atoms with van der Waals surface area (Å²) in [7, 11) is 1.60. The number of urea groups is 1. The van der Waals surface area contributed by atoms with Crippen LogP contribution in [0.4, 0.5) is 4.79 Å². The van der Waals surface area contributed by atoms with E-state index in [1.165, 1.54) is 19.3 Å². The van der Waals surface area contributed by atoms with Gasteiger partial charge in [0.1, 0.15) is 5.75 Å². The molecule has 2 rings (SSSR count). The van der Waals surface area contributed by atoms with Crippen molar-refractivity contribution in [2.45, 2.75) is 44.6 Å². The zero-order valence-electron chi connectivity index (χ0n) is 12.5. The largest absolute Gasteiger partial charge is 0.495 e. The third-order valence-electron chi connectivity index (χ3n) is 3.86. The lowest BCUT2D eigenvalue weighted by Gasteiger charge is -2.22. The molecule has 0 unspecified atom stereocenters. The van der Waals surface area contributed by atoms with Crippen molar-refractivity contribution >= 4 is 17.6 Å². The number of amides is 2. The van der Waals surface area contributed by atoms with Gasteiger partial charge in [-0.05, 0) is 37.0 Å². The van der Waals surface area contributed by atoms with Gasteiger partial charge < -0.3 is 15.4 Å². The normalized spacial score (nSPS) is 15.5. The molecule has 1 aromatic carbocycles. The van der Waals surface area contributed by atoms with Gasteiger partial charge in [-0.15, -0.1) is 0 Å². The Morgan fingerprint density at radius 3 is 2.76 bits per heavy atom. The highest BCUT2D eigenvalue weighted by Crippen LogP contribution is 2.24. The molecule has 21 heavy (non-hydrogen) atoms. The number of rotatable bonds is 5. The number of carbonyl (C=O) groups excluding carboxylic acids is 1. The third-order valence-corrected chi connectivity index (χ3v) is 4.15. The van der Waals surface area contributed by atoms with Gasteiger partial charge in [-0.2, -0.15) is 0 Å². The maximum atomic E-state index is 11.8. The maximum Gasteiger partial charge on any atom is 0.315 e. The number of hydrogen-bond acceptors (Lipinski definition) is 2. The Morgan fingerprint density at radius 1 is 1.33 bits per heavy atom. The van der Waals surface area contributed by atoms with Gasteiger partial charge in [0, 0.05) is 12.6 Å². The number of carbonyl (C=O) groups is 1. The lowest BCUT2D eigenvalue weighted by molar-refractivity contribution is 0.233. The summed E-state index contributed by atoms with van der Waals surface area (Å²) in [6.07, 6.45) is 6.67. The van der Waals surface area contributed by atoms with Crippen LogP contribution in [-0.2, 0) is 6.42 Å². The van der Waals surface area contributed by atoms with Crippen LogP contribution in [0.15, 0.2) is 18.2 Å². The van der Waals surface area contributed by atoms with E-state index in [1.54, 1.807) is 7.11 Å². The molecule has 4 nitrogen and oxygen atoms in total. The SMILES string of the molecule is COc1ccc(CCNC(=O)NC2CCCCC2)cc1Cl. The number of methoxy groups -OCH3 is 1. The van der Waals surface area contributed by atoms with Crippen LogP contribution in [0.2, 0.25) is 5.02 Å². The van der Waals surface area contributed by atoms with Crippen molar-refractivity contribution in [3.63, 3.8) is 0 Å². The molecule has 2 N–H and O–H groups in total. The van der Waals surface area contributed by atoms with Gasteiger partial charge in [-0.1, -0.05) is 36.9 Å². The van der Waals surface area contributed by atoms with Crippen LogP contribution >= 0.6 is 11.6 Å². The van der Waals surface area contributed by atoms with Crippen molar-refractivity contribution in [1.29, 1.82) is 0 Å². The first-order valence-corrected chi connectivity index (χ1v) is 7.93. The number of ether oxygens (including phenoxy) is 1. The molecule has 1 saturated carbocycles. The van der Waals surface area contributed by atoms with Gasteiger partial charge in [0.2, 0.25) is 0 Å². The molecule has 2 amide bonds. The van der Waals surface area contributed by atoms with E-state index in [0.717, 1.165) is 24.8 Å². The van der Waals surface area contributed by atoms with Gasteiger partial charge in [-0.25, -0.2) is 4.79 Å². The molecule has 1 aliphatic carbocycles. The van der Waals surface area contributed by atoms with Crippen molar-refractivity contribution in [1.82, 2.24) is 10.6 Å². The zero-order chi connectivity index (χ0) is 15.1. The van der Waals surface area contributed by atoms with E-state index in [4.69, 9.17) is 16.3 Å². The Kier molecular flexibility index (Phi) is 6.18. The molecule has 0 saturated heterocycles. The third kappa shape index (κ3) is 5.12. The van der Waals surface area contributed by atoms with Crippen LogP contribution in [0.1, 0.15) is 37.7 Å². The van der Waals surface area contributed by atoms with E-state index in [-0.39, 0.29) is 6.03 Å². The fraction of sp³-hybridized carbons (Fsp3) is 0.562. The molecule has 1 fully saturated rings. The number of halogens is 1. The summed E-state index contributed by atoms with van der Waals surface area (Å²) in [5.41, 5.74) is 1.08. The van der Waals surface area contributed by atoms with Crippen molar-refractivity contribution in [3.8, 4) is 5.75 Å². The highest BCUT2D eigenvalue weighted by Gasteiger charge is 2.15. The second-order valence-electron chi connectivity index (χ2n) is 5.45. The minimum atomic E-state index is -0.0680. The van der Waals surface area contributed by atoms with Crippen LogP contribution in [0.5, 0.6) is 5.75 Å². The molecule has 0 aliphatic heterocycles. The lowest BCUT2D eigenvalue weighted by atomic mass is 9.96. The van der Waals surface area contributed by atoms with E-state index < -0.39 is 0 Å². The molecule has 0 radical (unpaired) electrons. The summed E-state index contributed by atoms with van der Waals surface area (Å²) in [4.78, 5) is 11.8. The molecule has 1 aromatic rings. The second kappa shape index (κ2) is 8.13. The number of benzene rings is 1. The summed E-state index contributed by atoms with van der Waals surface area (Å²) in [5, 5.41) is 6.54. The van der Waals surface area contributed by atoms with Crippen molar-refractivity contribution in [2.24, 2.45) is 0 Å². The quantitative estimate of drug-likeness (QED) is 0.874. The summed E-state index contributed by atoms with van der Waals surface area (Å²) in [6, 6.07) is 5.96. The molecule has 0 atom stereocenters. The van der Waals surface area contributed by atoms with Crippen LogP contribution < -0.4 is 15.4 Å². The molecule has 0 aromatic heterocycles. The first kappa shape index (κ1) is 16.0. The smallest absolute Gasteiger partial charge is 0.315 e. The summed E-state index contributed by atoms with van der Waals surface area (Å²) in [6.45, 7) is 0.598. The molecule has 0 bridgehead atoms. The lowest BCUT2D eigenvalue weighted by Crippen LogP contribution is -2.43. The van der Waals surface area contributed by atoms with Crippen LogP contribution in [0, 0.1) is 0 Å². The summed E-state index contributed by atoms with van der Waals surface area (Å²) < 4.78 is 5.12. The van der Waals surface area contributed by atoms with Crippen LogP contribution in [0.3, 0.4) is 0 Å². The van der Waals surface area contributed by atoms with E-state index >= 15 is 0 Å². The van der Waals surface area contributed by atoms with Gasteiger partial charge in [-0.3, -0.25) is 0 Å². The predicted molar refractivity (Wildman–Crippen MR) is 85.1 cm³/mol. The van der Waals surface area contributed by atoms with Crippen LogP contribution in [0.25, 0.3) is 0 Å². The van der Waals surface area contributed by atoms with Crippen molar-refractivity contribution in [3.05, 3.63) is 28.8 Å². The number of nitrogens with one attached hydrogen (secondary N) is 2. The molecule has 0 spiro atoms. The Bertz CT molecular complexity index is 473. The molecule has 0 heterocycles. The first-order chi connectivity index (χ1) is 10.2. The van der Waals surface area contributed by atoms with E-state index in [0.29, 0.717) is 23.4 Å². The summed E-state index contributed by atoms with van der Waals surface area (Å²) in [5.74, 6) is 0.670. The maximum absolute atomic E-state index is 11.8. The average molecular weight is 311 g/mol. The Hall–Kier alpha value is -1.42. The van der Waals surface area contributed by atoms with Crippen molar-refractivity contribution < 1.29 is 9.53 Å². The van der Waals surface area contributed by atoms with Gasteiger partial charge >= 0.3 is 6.03 Å². The monoisotopic (exact) mass is 310 g/mol. The molecule has 116 valence electrons. The molecule has 1 aliphatic rings. The van der Waals surface area contributed by atoms with Crippen LogP contribution in [-0.4, -0.2) is 25.7 Å². The minimum absolute atomic E-state index is 0.0680. The first-order valence-electron chi connectivity index (χ1n) is 7.56. The Morgan fingerprint density at radius 2 is 2.10 bits per heavy atom. The standard InChI is InChI=1S/C16H23ClN2O2/c1-21-15-8-7-12(11-14(15)17)9-10-18-16(20)19-13-5-3-2-4-6-13/h7-8,11,13H,2-6,9-10H2,1H3,(H2,18,19,20). The fourth-order valence-corrected chi connectivity index (χ4v) is 2.95. The van der Waals surface area contributed by atoms with Gasteiger partial charge in [0.15, 0.2) is 0 Å². The molecular weight excluding hydrogens is 288 g/mol. The highest BCUT2D eigenvalue weighted by molar-refractivity contribution is 6.32. The highest BCUT2D eigenvalue weighted by atomic mass is 35.5. The minimum Gasteiger partial charge on any atom is -0.495 e. The second-order valence-corrected chi connectivity index (χ2v) is 5.86. The van der Waals surface area contributed by atoms with E-state index in [2.05, 4.69) is 10.6 Å². The average Bonchev–Trinajstić information content (AvgIpc) is 2.48. The molecular formula is C16H23ClN2O2. The van der Waals surface area contributed by atoms with Crippen molar-refractivity contribution in [2.75, 3.05) is 13.7 Å². The predicted octanol–water partition coefficient (Wildman–Crippen LogP) is 3.52. The Labute approximate surface area is 131 Å². The van der Waals surface area contributed by atoms with Gasteiger partial charge in [0.05, 0.1) is 12.1 Å². The Balaban J connectivity index is 1.70. The van der Waals surface area contributed by atoms with E-state index in [1.807, 2.05) is 18.2 Å². The molecule has 5 heteroatoms. The fourth-order valence-electron chi connectivity index (χ4n) is 2.67. The topological polar surface area (TPSA) is 50.4 Å². The number of hydrogen-bond donors (Lipinski definition) is 2. The zero-order valence-corrected chi connectivity index (χ0v) is 13.2. The van der Waals surface area contributed by atoms with E-state index in [9.17, 15) is 4.79 Å². The van der Waals surface area contributed by atoms with Gasteiger partial charge in [0.25, 0.3) is 0 Å². The summed E-state index contributed by atoms with van der Waals surface area (Å²) >= 11 is 6.08.